The number of H-pyrrole nitrogens is 1. The largest absolute Gasteiger partial charge is 0.347 e. The van der Waals surface area contributed by atoms with Crippen LogP contribution in [0.5, 0.6) is 0 Å². The summed E-state index contributed by atoms with van der Waals surface area (Å²) in [6, 6.07) is 12.6. The van der Waals surface area contributed by atoms with E-state index in [0.717, 1.165) is 5.82 Å². The molecule has 0 aliphatic heterocycles. The first-order chi connectivity index (χ1) is 10.8. The van der Waals surface area contributed by atoms with Gasteiger partial charge in [-0.15, -0.1) is 11.8 Å². The highest BCUT2D eigenvalue weighted by molar-refractivity contribution is 7.99. The van der Waals surface area contributed by atoms with Gasteiger partial charge in [-0.2, -0.15) is 0 Å². The molecule has 0 spiro atoms. The number of nitrogens with one attached hydrogen (secondary N) is 1. The number of hydrogen-bond donors (Lipinski definition) is 1. The maximum atomic E-state index is 4.49. The molecule has 0 radical (unpaired) electrons. The Morgan fingerprint density at radius 1 is 1.00 bits per heavy atom. The summed E-state index contributed by atoms with van der Waals surface area (Å²) in [6.45, 7) is 4.40. The Morgan fingerprint density at radius 3 is 2.50 bits per heavy atom. The summed E-state index contributed by atoms with van der Waals surface area (Å²) in [5.41, 5.74) is 2.54. The molecule has 1 atom stereocenters. The number of thioether (sulfide) groups is 1. The van der Waals surface area contributed by atoms with Gasteiger partial charge in [0.25, 0.3) is 0 Å². The summed E-state index contributed by atoms with van der Waals surface area (Å²) in [6.07, 6.45) is 7.53. The van der Waals surface area contributed by atoms with Crippen LogP contribution in [0.3, 0.4) is 0 Å². The van der Waals surface area contributed by atoms with Crippen LogP contribution in [0, 0.1) is 0 Å². The molecule has 1 N–H and O–H groups in total. The van der Waals surface area contributed by atoms with Gasteiger partial charge in [-0.1, -0.05) is 32.0 Å². The molecule has 0 fully saturated rings. The van der Waals surface area contributed by atoms with E-state index in [2.05, 4.69) is 59.1 Å². The van der Waals surface area contributed by atoms with E-state index in [4.69, 9.17) is 0 Å². The van der Waals surface area contributed by atoms with Gasteiger partial charge >= 0.3 is 0 Å². The number of aromatic amines is 1. The van der Waals surface area contributed by atoms with Gasteiger partial charge in [0.15, 0.2) is 0 Å². The van der Waals surface area contributed by atoms with Gasteiger partial charge in [-0.25, -0.2) is 4.98 Å². The first kappa shape index (κ1) is 14.9. The summed E-state index contributed by atoms with van der Waals surface area (Å²) in [7, 11) is 0. The molecule has 2 aromatic heterocycles. The van der Waals surface area contributed by atoms with Crippen molar-refractivity contribution in [2.75, 3.05) is 0 Å². The Morgan fingerprint density at radius 2 is 1.82 bits per heavy atom. The SMILES string of the molecule is CC(C)c1cnccc1C(Sc1ccccc1)c1ncc[nH]1. The number of aromatic nitrogens is 3. The molecule has 1 unspecified atom stereocenters. The molecule has 0 amide bonds. The van der Waals surface area contributed by atoms with E-state index in [1.54, 1.807) is 0 Å². The zero-order chi connectivity index (χ0) is 15.4. The van der Waals surface area contributed by atoms with Crippen LogP contribution in [0.4, 0.5) is 0 Å². The van der Waals surface area contributed by atoms with Crippen molar-refractivity contribution in [3.05, 3.63) is 78.1 Å². The van der Waals surface area contributed by atoms with Crippen LogP contribution < -0.4 is 0 Å². The Bertz CT molecular complexity index is 708. The molecule has 2 heterocycles. The van der Waals surface area contributed by atoms with Crippen molar-refractivity contribution in [1.82, 2.24) is 15.0 Å². The summed E-state index contributed by atoms with van der Waals surface area (Å²) >= 11 is 1.81. The molecular weight excluding hydrogens is 290 g/mol. The molecule has 1 aromatic carbocycles. The standard InChI is InChI=1S/C18H19N3S/c1-13(2)16-12-19-9-8-15(16)17(18-20-10-11-21-18)22-14-6-4-3-5-7-14/h3-13,17H,1-2H3,(H,20,21). The van der Waals surface area contributed by atoms with Gasteiger partial charge in [0.1, 0.15) is 5.82 Å². The van der Waals surface area contributed by atoms with Crippen LogP contribution >= 0.6 is 11.8 Å². The minimum absolute atomic E-state index is 0.137. The first-order valence-corrected chi connectivity index (χ1v) is 8.28. The van der Waals surface area contributed by atoms with Crippen molar-refractivity contribution in [2.24, 2.45) is 0 Å². The van der Waals surface area contributed by atoms with Gasteiger partial charge in [0.05, 0.1) is 5.25 Å². The maximum Gasteiger partial charge on any atom is 0.124 e. The van der Waals surface area contributed by atoms with Gasteiger partial charge < -0.3 is 4.98 Å². The van der Waals surface area contributed by atoms with Crippen molar-refractivity contribution in [1.29, 1.82) is 0 Å². The van der Waals surface area contributed by atoms with Gasteiger partial charge in [0.2, 0.25) is 0 Å². The topological polar surface area (TPSA) is 41.6 Å². The number of pyridine rings is 1. The van der Waals surface area contributed by atoms with Gasteiger partial charge in [0, 0.05) is 29.7 Å². The molecule has 112 valence electrons. The van der Waals surface area contributed by atoms with Crippen molar-refractivity contribution in [2.45, 2.75) is 29.9 Å². The number of hydrogen-bond acceptors (Lipinski definition) is 3. The first-order valence-electron chi connectivity index (χ1n) is 7.40. The number of nitrogens with zero attached hydrogens (tertiary/aromatic N) is 2. The summed E-state index contributed by atoms with van der Waals surface area (Å²) in [4.78, 5) is 13.3. The maximum absolute atomic E-state index is 4.49. The van der Waals surface area contributed by atoms with E-state index in [-0.39, 0.29) is 5.25 Å². The van der Waals surface area contributed by atoms with Crippen molar-refractivity contribution in [3.63, 3.8) is 0 Å². The lowest BCUT2D eigenvalue weighted by Gasteiger charge is -2.20. The molecule has 3 nitrogen and oxygen atoms in total. The monoisotopic (exact) mass is 309 g/mol. The lowest BCUT2D eigenvalue weighted by atomic mass is 9.97. The third-order valence-corrected chi connectivity index (χ3v) is 4.81. The second-order valence-corrected chi connectivity index (χ2v) is 6.62. The highest BCUT2D eigenvalue weighted by atomic mass is 32.2. The van der Waals surface area contributed by atoms with E-state index in [1.807, 2.05) is 42.6 Å². The minimum atomic E-state index is 0.137. The Labute approximate surface area is 135 Å². The predicted octanol–water partition coefficient (Wildman–Crippen LogP) is 4.81. The molecule has 0 saturated heterocycles. The lowest BCUT2D eigenvalue weighted by molar-refractivity contribution is 0.829. The number of rotatable bonds is 5. The van der Waals surface area contributed by atoms with Crippen LogP contribution in [-0.4, -0.2) is 15.0 Å². The van der Waals surface area contributed by atoms with E-state index in [1.165, 1.54) is 16.0 Å². The molecular formula is C18H19N3S. The fourth-order valence-corrected chi connectivity index (χ4v) is 3.63. The fourth-order valence-electron chi connectivity index (χ4n) is 2.46. The summed E-state index contributed by atoms with van der Waals surface area (Å²) < 4.78 is 0. The van der Waals surface area contributed by atoms with E-state index >= 15 is 0 Å². The Balaban J connectivity index is 2.03. The van der Waals surface area contributed by atoms with Gasteiger partial charge in [-0.3, -0.25) is 4.98 Å². The highest BCUT2D eigenvalue weighted by Crippen LogP contribution is 2.41. The Hall–Kier alpha value is -2.07. The second kappa shape index (κ2) is 6.79. The van der Waals surface area contributed by atoms with Crippen LogP contribution in [-0.2, 0) is 0 Å². The number of benzene rings is 1. The molecule has 3 aromatic rings. The van der Waals surface area contributed by atoms with E-state index in [0.29, 0.717) is 5.92 Å². The molecule has 22 heavy (non-hydrogen) atoms. The van der Waals surface area contributed by atoms with Crippen molar-refractivity contribution < 1.29 is 0 Å². The molecule has 0 aliphatic rings. The van der Waals surface area contributed by atoms with E-state index in [9.17, 15) is 0 Å². The normalized spacial score (nSPS) is 12.5. The minimum Gasteiger partial charge on any atom is -0.347 e. The highest BCUT2D eigenvalue weighted by Gasteiger charge is 2.22. The average Bonchev–Trinajstić information content (AvgIpc) is 3.08. The quantitative estimate of drug-likeness (QED) is 0.688. The van der Waals surface area contributed by atoms with Crippen LogP contribution in [0.1, 0.15) is 42.0 Å². The Kier molecular flexibility index (Phi) is 4.59. The summed E-state index contributed by atoms with van der Waals surface area (Å²) in [5.74, 6) is 1.40. The predicted molar refractivity (Wildman–Crippen MR) is 91.1 cm³/mol. The van der Waals surface area contributed by atoms with E-state index < -0.39 is 0 Å². The van der Waals surface area contributed by atoms with Crippen molar-refractivity contribution in [3.8, 4) is 0 Å². The molecule has 4 heteroatoms. The lowest BCUT2D eigenvalue weighted by Crippen LogP contribution is -2.05. The zero-order valence-electron chi connectivity index (χ0n) is 12.7. The molecule has 0 bridgehead atoms. The smallest absolute Gasteiger partial charge is 0.124 e. The molecule has 3 rings (SSSR count). The fraction of sp³-hybridized carbons (Fsp3) is 0.222. The second-order valence-electron chi connectivity index (χ2n) is 5.44. The number of imidazole rings is 1. The molecule has 0 aliphatic carbocycles. The van der Waals surface area contributed by atoms with Gasteiger partial charge in [-0.05, 0) is 35.2 Å². The van der Waals surface area contributed by atoms with Crippen LogP contribution in [0.15, 0.2) is 66.1 Å². The molecule has 0 saturated carbocycles. The van der Waals surface area contributed by atoms with Crippen LogP contribution in [0.2, 0.25) is 0 Å². The third kappa shape index (κ3) is 3.22. The third-order valence-electron chi connectivity index (χ3n) is 3.56. The van der Waals surface area contributed by atoms with Crippen molar-refractivity contribution >= 4 is 11.8 Å². The van der Waals surface area contributed by atoms with Crippen LogP contribution in [0.25, 0.3) is 0 Å². The zero-order valence-corrected chi connectivity index (χ0v) is 13.5. The summed E-state index contributed by atoms with van der Waals surface area (Å²) in [5, 5.41) is 0.137. The average molecular weight is 309 g/mol.